The second-order valence-corrected chi connectivity index (χ2v) is 1.62. The first kappa shape index (κ1) is 8.69. The Balaban J connectivity index is 3.65. The lowest BCUT2D eigenvalue weighted by atomic mass is 10.5. The molecule has 0 aromatic rings. The van der Waals surface area contributed by atoms with Gasteiger partial charge in [-0.25, -0.2) is 0 Å². The number of hydrogen-bond donors (Lipinski definition) is 1. The first-order valence-corrected chi connectivity index (χ1v) is 2.98. The number of hydrogen-bond acceptors (Lipinski definition) is 2. The van der Waals surface area contributed by atoms with Crippen LogP contribution < -0.4 is 5.32 Å². The Morgan fingerprint density at radius 3 is 2.80 bits per heavy atom. The zero-order chi connectivity index (χ0) is 7.82. The number of nitrogens with one attached hydrogen (secondary N) is 1. The Morgan fingerprint density at radius 2 is 2.30 bits per heavy atom. The number of nitrogens with zero attached hydrogens (tertiary/aromatic N) is 1. The van der Waals surface area contributed by atoms with Crippen LogP contribution in [0.15, 0.2) is 42.2 Å². The minimum atomic E-state index is 0.834. The van der Waals surface area contributed by atoms with Crippen molar-refractivity contribution in [3.8, 4) is 0 Å². The molecule has 1 N–H and O–H groups in total. The van der Waals surface area contributed by atoms with Crippen LogP contribution >= 0.6 is 0 Å². The standard InChI is InChI=1S/C8H12N2/c1-4-6-10-7-5-8(2)9-3/h4-7,9H,1-2H2,3H3/b7-5-,10-6-. The number of allylic oxidation sites excluding steroid dienone is 2. The maximum atomic E-state index is 3.85. The summed E-state index contributed by atoms with van der Waals surface area (Å²) in [6.07, 6.45) is 6.66. The van der Waals surface area contributed by atoms with Crippen LogP contribution in [0.2, 0.25) is 0 Å². The van der Waals surface area contributed by atoms with Gasteiger partial charge in [-0.2, -0.15) is 0 Å². The van der Waals surface area contributed by atoms with E-state index in [1.165, 1.54) is 0 Å². The molecule has 0 aliphatic rings. The lowest BCUT2D eigenvalue weighted by molar-refractivity contribution is 1.04. The zero-order valence-corrected chi connectivity index (χ0v) is 6.17. The van der Waals surface area contributed by atoms with Crippen LogP contribution in [0.25, 0.3) is 0 Å². The minimum Gasteiger partial charge on any atom is -0.389 e. The van der Waals surface area contributed by atoms with E-state index in [0.717, 1.165) is 5.70 Å². The van der Waals surface area contributed by atoms with Crippen molar-refractivity contribution in [1.29, 1.82) is 0 Å². The molecule has 0 radical (unpaired) electrons. The summed E-state index contributed by atoms with van der Waals surface area (Å²) in [4.78, 5) is 3.85. The molecule has 0 aromatic carbocycles. The average Bonchev–Trinajstić information content (AvgIpc) is 1.98. The van der Waals surface area contributed by atoms with E-state index in [2.05, 4.69) is 23.5 Å². The highest BCUT2D eigenvalue weighted by Gasteiger charge is 1.74. The Bertz CT molecular complexity index is 166. The highest BCUT2D eigenvalue weighted by Crippen LogP contribution is 1.84. The summed E-state index contributed by atoms with van der Waals surface area (Å²) in [5.74, 6) is 0. The molecule has 2 heteroatoms. The van der Waals surface area contributed by atoms with Crippen LogP contribution in [-0.2, 0) is 0 Å². The molecule has 0 bridgehead atoms. The van der Waals surface area contributed by atoms with Gasteiger partial charge in [-0.3, -0.25) is 4.99 Å². The lowest BCUT2D eigenvalue weighted by Crippen LogP contribution is -1.99. The van der Waals surface area contributed by atoms with Crippen molar-refractivity contribution in [3.05, 3.63) is 37.2 Å². The van der Waals surface area contributed by atoms with E-state index in [0.29, 0.717) is 0 Å². The molecule has 0 saturated heterocycles. The highest BCUT2D eigenvalue weighted by molar-refractivity contribution is 5.70. The molecular formula is C8H12N2. The second-order valence-electron chi connectivity index (χ2n) is 1.62. The van der Waals surface area contributed by atoms with E-state index in [1.54, 1.807) is 24.6 Å². The molecule has 0 rings (SSSR count). The highest BCUT2D eigenvalue weighted by atomic mass is 14.8. The molecule has 0 aliphatic heterocycles. The summed E-state index contributed by atoms with van der Waals surface area (Å²) >= 11 is 0. The second kappa shape index (κ2) is 5.82. The fourth-order valence-electron chi connectivity index (χ4n) is 0.327. The van der Waals surface area contributed by atoms with Crippen molar-refractivity contribution in [3.63, 3.8) is 0 Å². The van der Waals surface area contributed by atoms with Gasteiger partial charge in [0, 0.05) is 25.2 Å². The molecule has 0 amide bonds. The Morgan fingerprint density at radius 1 is 1.60 bits per heavy atom. The van der Waals surface area contributed by atoms with Gasteiger partial charge in [-0.15, -0.1) is 0 Å². The Hall–Kier alpha value is -1.31. The van der Waals surface area contributed by atoms with Crippen LogP contribution in [-0.4, -0.2) is 13.3 Å². The average molecular weight is 136 g/mol. The van der Waals surface area contributed by atoms with Gasteiger partial charge in [0.05, 0.1) is 0 Å². The summed E-state index contributed by atoms with van der Waals surface area (Å²) in [6.45, 7) is 7.15. The maximum Gasteiger partial charge on any atom is 0.0288 e. The molecule has 0 atom stereocenters. The number of rotatable bonds is 4. The lowest BCUT2D eigenvalue weighted by Gasteiger charge is -1.92. The summed E-state index contributed by atoms with van der Waals surface area (Å²) in [5.41, 5.74) is 0.834. The van der Waals surface area contributed by atoms with E-state index in [1.807, 2.05) is 7.05 Å². The zero-order valence-electron chi connectivity index (χ0n) is 6.17. The molecule has 2 nitrogen and oxygen atoms in total. The van der Waals surface area contributed by atoms with E-state index < -0.39 is 0 Å². The molecule has 54 valence electrons. The van der Waals surface area contributed by atoms with Crippen LogP contribution in [0, 0.1) is 0 Å². The topological polar surface area (TPSA) is 24.4 Å². The van der Waals surface area contributed by atoms with Crippen LogP contribution in [0.4, 0.5) is 0 Å². The SMILES string of the molecule is C=C/C=N\C=C/C(=C)NC. The predicted octanol–water partition coefficient (Wildman–Crippen LogP) is 1.49. The normalized spacial score (nSPS) is 10.5. The number of likely N-dealkylation sites (N-methyl/N-ethyl adjacent to an activating group) is 1. The van der Waals surface area contributed by atoms with Gasteiger partial charge in [0.25, 0.3) is 0 Å². The Labute approximate surface area is 61.7 Å². The van der Waals surface area contributed by atoms with Gasteiger partial charge in [0.2, 0.25) is 0 Å². The van der Waals surface area contributed by atoms with Crippen LogP contribution in [0.1, 0.15) is 0 Å². The molecule has 0 fully saturated rings. The van der Waals surface area contributed by atoms with Gasteiger partial charge in [0.15, 0.2) is 0 Å². The minimum absolute atomic E-state index is 0.834. The van der Waals surface area contributed by atoms with Gasteiger partial charge < -0.3 is 5.32 Å². The van der Waals surface area contributed by atoms with Crippen molar-refractivity contribution in [2.75, 3.05) is 7.05 Å². The largest absolute Gasteiger partial charge is 0.389 e. The molecule has 0 aliphatic carbocycles. The van der Waals surface area contributed by atoms with Crippen molar-refractivity contribution in [2.45, 2.75) is 0 Å². The predicted molar refractivity (Wildman–Crippen MR) is 46.0 cm³/mol. The Kier molecular flexibility index (Phi) is 5.06. The van der Waals surface area contributed by atoms with Crippen molar-refractivity contribution >= 4 is 6.21 Å². The van der Waals surface area contributed by atoms with Gasteiger partial charge in [-0.05, 0) is 6.08 Å². The fraction of sp³-hybridized carbons (Fsp3) is 0.125. The monoisotopic (exact) mass is 136 g/mol. The van der Waals surface area contributed by atoms with Crippen molar-refractivity contribution in [2.24, 2.45) is 4.99 Å². The third kappa shape index (κ3) is 4.84. The van der Waals surface area contributed by atoms with E-state index in [-0.39, 0.29) is 0 Å². The summed E-state index contributed by atoms with van der Waals surface area (Å²) in [7, 11) is 1.81. The molecule has 0 saturated carbocycles. The summed E-state index contributed by atoms with van der Waals surface area (Å²) in [5, 5.41) is 2.86. The van der Waals surface area contributed by atoms with E-state index in [9.17, 15) is 0 Å². The molecule has 10 heavy (non-hydrogen) atoms. The van der Waals surface area contributed by atoms with Gasteiger partial charge >= 0.3 is 0 Å². The quantitative estimate of drug-likeness (QED) is 0.459. The molecular weight excluding hydrogens is 124 g/mol. The van der Waals surface area contributed by atoms with Crippen molar-refractivity contribution < 1.29 is 0 Å². The summed E-state index contributed by atoms with van der Waals surface area (Å²) in [6, 6.07) is 0. The number of aliphatic imine (C=N–C) groups is 1. The van der Waals surface area contributed by atoms with E-state index >= 15 is 0 Å². The van der Waals surface area contributed by atoms with Gasteiger partial charge in [0.1, 0.15) is 0 Å². The fourth-order valence-corrected chi connectivity index (χ4v) is 0.327. The first-order chi connectivity index (χ1) is 4.81. The molecule has 0 aromatic heterocycles. The van der Waals surface area contributed by atoms with Crippen LogP contribution in [0.3, 0.4) is 0 Å². The third-order valence-corrected chi connectivity index (χ3v) is 0.874. The summed E-state index contributed by atoms with van der Waals surface area (Å²) < 4.78 is 0. The maximum absolute atomic E-state index is 3.85. The van der Waals surface area contributed by atoms with E-state index in [4.69, 9.17) is 0 Å². The van der Waals surface area contributed by atoms with Gasteiger partial charge in [-0.1, -0.05) is 19.2 Å². The first-order valence-electron chi connectivity index (χ1n) is 2.98. The molecule has 0 heterocycles. The van der Waals surface area contributed by atoms with Crippen molar-refractivity contribution in [1.82, 2.24) is 5.32 Å². The van der Waals surface area contributed by atoms with Crippen LogP contribution in [0.5, 0.6) is 0 Å². The molecule has 0 spiro atoms. The molecule has 0 unspecified atom stereocenters. The smallest absolute Gasteiger partial charge is 0.0288 e. The third-order valence-electron chi connectivity index (χ3n) is 0.874.